The van der Waals surface area contributed by atoms with Crippen LogP contribution in [0.3, 0.4) is 0 Å². The van der Waals surface area contributed by atoms with Crippen molar-refractivity contribution in [3.63, 3.8) is 0 Å². The summed E-state index contributed by atoms with van der Waals surface area (Å²) in [5.74, 6) is 0.143. The fourth-order valence-corrected chi connectivity index (χ4v) is 1.78. The molecule has 0 aliphatic carbocycles. The number of nitrogens with zero attached hydrogens (tertiary/aromatic N) is 1. The van der Waals surface area contributed by atoms with E-state index in [-0.39, 0.29) is 16.9 Å². The zero-order chi connectivity index (χ0) is 15.4. The van der Waals surface area contributed by atoms with Gasteiger partial charge in [-0.05, 0) is 30.3 Å². The Hall–Kier alpha value is -3.09. The van der Waals surface area contributed by atoms with E-state index in [9.17, 15) is 14.9 Å². The largest absolute Gasteiger partial charge is 0.497 e. The van der Waals surface area contributed by atoms with Crippen molar-refractivity contribution in [2.24, 2.45) is 0 Å². The standard InChI is InChI=1S/C14H13N3O4/c1-21-10-7-5-9(6-8-10)16-14(18)11-3-2-4-12(13(11)15)17(19)20/h2-8H,15H2,1H3,(H,16,18). The molecule has 0 fully saturated rings. The summed E-state index contributed by atoms with van der Waals surface area (Å²) in [6.45, 7) is 0. The van der Waals surface area contributed by atoms with Crippen LogP contribution in [0.1, 0.15) is 10.4 Å². The highest BCUT2D eigenvalue weighted by Gasteiger charge is 2.18. The predicted octanol–water partition coefficient (Wildman–Crippen LogP) is 2.44. The van der Waals surface area contributed by atoms with E-state index >= 15 is 0 Å². The number of nitrogen functional groups attached to an aromatic ring is 1. The second-order valence-corrected chi connectivity index (χ2v) is 4.18. The molecule has 0 atom stereocenters. The molecule has 21 heavy (non-hydrogen) atoms. The van der Waals surface area contributed by atoms with Crippen molar-refractivity contribution in [3.05, 3.63) is 58.1 Å². The first kappa shape index (κ1) is 14.3. The minimum atomic E-state index is -0.626. The average Bonchev–Trinajstić information content (AvgIpc) is 2.47. The van der Waals surface area contributed by atoms with Crippen molar-refractivity contribution in [3.8, 4) is 5.75 Å². The number of para-hydroxylation sites is 1. The third-order valence-corrected chi connectivity index (χ3v) is 2.87. The number of carbonyl (C=O) groups is 1. The van der Waals surface area contributed by atoms with Gasteiger partial charge in [0.05, 0.1) is 17.6 Å². The van der Waals surface area contributed by atoms with Crippen molar-refractivity contribution in [1.82, 2.24) is 0 Å². The SMILES string of the molecule is COc1ccc(NC(=O)c2cccc([N+](=O)[O-])c2N)cc1. The highest BCUT2D eigenvalue weighted by atomic mass is 16.6. The van der Waals surface area contributed by atoms with Gasteiger partial charge < -0.3 is 15.8 Å². The molecule has 0 saturated heterocycles. The van der Waals surface area contributed by atoms with Crippen LogP contribution in [0.2, 0.25) is 0 Å². The van der Waals surface area contributed by atoms with Gasteiger partial charge in [-0.3, -0.25) is 14.9 Å². The molecule has 2 aromatic carbocycles. The van der Waals surface area contributed by atoms with E-state index in [0.29, 0.717) is 11.4 Å². The number of nitro benzene ring substituents is 1. The van der Waals surface area contributed by atoms with Crippen LogP contribution in [0.4, 0.5) is 17.1 Å². The topological polar surface area (TPSA) is 107 Å². The third-order valence-electron chi connectivity index (χ3n) is 2.87. The molecule has 0 aromatic heterocycles. The summed E-state index contributed by atoms with van der Waals surface area (Å²) < 4.78 is 5.01. The number of ether oxygens (including phenoxy) is 1. The van der Waals surface area contributed by atoms with Crippen LogP contribution in [0.5, 0.6) is 5.75 Å². The van der Waals surface area contributed by atoms with Gasteiger partial charge in [-0.2, -0.15) is 0 Å². The van der Waals surface area contributed by atoms with E-state index < -0.39 is 10.8 Å². The number of hydrogen-bond acceptors (Lipinski definition) is 5. The number of nitrogens with two attached hydrogens (primary N) is 1. The Labute approximate surface area is 120 Å². The van der Waals surface area contributed by atoms with Crippen LogP contribution in [0.25, 0.3) is 0 Å². The van der Waals surface area contributed by atoms with E-state index in [1.54, 1.807) is 24.3 Å². The summed E-state index contributed by atoms with van der Waals surface area (Å²) in [5, 5.41) is 13.4. The molecule has 7 heteroatoms. The van der Waals surface area contributed by atoms with Crippen LogP contribution >= 0.6 is 0 Å². The first-order chi connectivity index (χ1) is 10.0. The summed E-state index contributed by atoms with van der Waals surface area (Å²) in [6, 6.07) is 10.8. The van der Waals surface area contributed by atoms with Crippen molar-refractivity contribution >= 4 is 23.0 Å². The quantitative estimate of drug-likeness (QED) is 0.510. The summed E-state index contributed by atoms with van der Waals surface area (Å²) in [4.78, 5) is 22.3. The molecule has 0 spiro atoms. The first-order valence-corrected chi connectivity index (χ1v) is 6.01. The van der Waals surface area contributed by atoms with Crippen LogP contribution in [0.15, 0.2) is 42.5 Å². The molecule has 0 bridgehead atoms. The Balaban J connectivity index is 2.24. The van der Waals surface area contributed by atoms with Crippen molar-refractivity contribution in [2.75, 3.05) is 18.2 Å². The Kier molecular flexibility index (Phi) is 4.03. The number of nitrogens with one attached hydrogen (secondary N) is 1. The summed E-state index contributed by atoms with van der Waals surface area (Å²) in [6.07, 6.45) is 0. The van der Waals surface area contributed by atoms with Gasteiger partial charge in [0.1, 0.15) is 11.4 Å². The van der Waals surface area contributed by atoms with Crippen molar-refractivity contribution < 1.29 is 14.5 Å². The molecule has 3 N–H and O–H groups in total. The Morgan fingerprint density at radius 2 is 1.90 bits per heavy atom. The molecule has 2 aromatic rings. The highest BCUT2D eigenvalue weighted by Crippen LogP contribution is 2.25. The van der Waals surface area contributed by atoms with Gasteiger partial charge in [0.2, 0.25) is 0 Å². The fourth-order valence-electron chi connectivity index (χ4n) is 1.78. The van der Waals surface area contributed by atoms with E-state index in [1.807, 2.05) is 0 Å². The third kappa shape index (κ3) is 3.08. The zero-order valence-electron chi connectivity index (χ0n) is 11.2. The van der Waals surface area contributed by atoms with Gasteiger partial charge in [-0.25, -0.2) is 0 Å². The Bertz CT molecular complexity index is 683. The van der Waals surface area contributed by atoms with Crippen LogP contribution in [-0.2, 0) is 0 Å². The zero-order valence-corrected chi connectivity index (χ0v) is 11.2. The normalized spacial score (nSPS) is 9.95. The number of hydrogen-bond donors (Lipinski definition) is 2. The lowest BCUT2D eigenvalue weighted by Gasteiger charge is -2.08. The minimum Gasteiger partial charge on any atom is -0.497 e. The number of methoxy groups -OCH3 is 1. The lowest BCUT2D eigenvalue weighted by atomic mass is 10.1. The fraction of sp³-hybridized carbons (Fsp3) is 0.0714. The van der Waals surface area contributed by atoms with E-state index in [0.717, 1.165) is 0 Å². The summed E-state index contributed by atoms with van der Waals surface area (Å²) >= 11 is 0. The smallest absolute Gasteiger partial charge is 0.292 e. The minimum absolute atomic E-state index is 0.0556. The number of rotatable bonds is 4. The lowest BCUT2D eigenvalue weighted by Crippen LogP contribution is -2.14. The number of anilines is 2. The Morgan fingerprint density at radius 1 is 1.24 bits per heavy atom. The van der Waals surface area contributed by atoms with Crippen LogP contribution in [-0.4, -0.2) is 17.9 Å². The predicted molar refractivity (Wildman–Crippen MR) is 78.5 cm³/mol. The molecular weight excluding hydrogens is 274 g/mol. The van der Waals surface area contributed by atoms with Gasteiger partial charge in [-0.1, -0.05) is 6.07 Å². The molecule has 0 aliphatic rings. The van der Waals surface area contributed by atoms with Gasteiger partial charge in [0.25, 0.3) is 11.6 Å². The maximum atomic E-state index is 12.1. The number of amides is 1. The second kappa shape index (κ2) is 5.91. The van der Waals surface area contributed by atoms with E-state index in [2.05, 4.69) is 5.32 Å². The van der Waals surface area contributed by atoms with Crippen LogP contribution < -0.4 is 15.8 Å². The summed E-state index contributed by atoms with van der Waals surface area (Å²) in [5.41, 5.74) is 5.80. The first-order valence-electron chi connectivity index (χ1n) is 6.01. The number of carbonyl (C=O) groups excluding carboxylic acids is 1. The molecule has 0 saturated carbocycles. The van der Waals surface area contributed by atoms with Crippen LogP contribution in [0, 0.1) is 10.1 Å². The van der Waals surface area contributed by atoms with E-state index in [1.165, 1.54) is 25.3 Å². The average molecular weight is 287 g/mol. The molecular formula is C14H13N3O4. The molecule has 0 unspecified atom stereocenters. The Morgan fingerprint density at radius 3 is 2.48 bits per heavy atom. The van der Waals surface area contributed by atoms with Gasteiger partial charge in [0.15, 0.2) is 0 Å². The van der Waals surface area contributed by atoms with Gasteiger partial charge in [0, 0.05) is 11.8 Å². The van der Waals surface area contributed by atoms with Crippen molar-refractivity contribution in [2.45, 2.75) is 0 Å². The van der Waals surface area contributed by atoms with Gasteiger partial charge >= 0.3 is 0 Å². The maximum absolute atomic E-state index is 12.1. The molecule has 1 amide bonds. The number of benzene rings is 2. The van der Waals surface area contributed by atoms with Crippen molar-refractivity contribution in [1.29, 1.82) is 0 Å². The number of nitro groups is 1. The summed E-state index contributed by atoms with van der Waals surface area (Å²) in [7, 11) is 1.54. The lowest BCUT2D eigenvalue weighted by molar-refractivity contribution is -0.383. The highest BCUT2D eigenvalue weighted by molar-refractivity contribution is 6.08. The molecule has 7 nitrogen and oxygen atoms in total. The maximum Gasteiger partial charge on any atom is 0.292 e. The molecule has 0 heterocycles. The molecule has 0 aliphatic heterocycles. The monoisotopic (exact) mass is 287 g/mol. The molecule has 0 radical (unpaired) electrons. The molecule has 2 rings (SSSR count). The van der Waals surface area contributed by atoms with Gasteiger partial charge in [-0.15, -0.1) is 0 Å². The van der Waals surface area contributed by atoms with E-state index in [4.69, 9.17) is 10.5 Å². The molecule has 108 valence electrons. The second-order valence-electron chi connectivity index (χ2n) is 4.18.